The minimum absolute atomic E-state index is 0.137. The molecule has 7 nitrogen and oxygen atoms in total. The molecule has 2 aromatic carbocycles. The monoisotopic (exact) mass is 381 g/mol. The van der Waals surface area contributed by atoms with Gasteiger partial charge in [0.15, 0.2) is 5.78 Å². The first-order valence-corrected chi connectivity index (χ1v) is 9.49. The Balaban J connectivity index is 1.58. The summed E-state index contributed by atoms with van der Waals surface area (Å²) in [6.45, 7) is 1.46. The number of nitrogens with zero attached hydrogens (tertiary/aromatic N) is 4. The molecule has 0 spiro atoms. The summed E-state index contributed by atoms with van der Waals surface area (Å²) in [6, 6.07) is 16.6. The normalized spacial score (nSPS) is 10.6. The van der Waals surface area contributed by atoms with Crippen molar-refractivity contribution in [3.05, 3.63) is 60.2 Å². The number of carbonyl (C=O) groups is 2. The summed E-state index contributed by atoms with van der Waals surface area (Å²) in [4.78, 5) is 23.4. The van der Waals surface area contributed by atoms with Gasteiger partial charge in [-0.3, -0.25) is 9.59 Å². The molecule has 0 bridgehead atoms. The van der Waals surface area contributed by atoms with Gasteiger partial charge in [-0.25, -0.2) is 0 Å². The third kappa shape index (κ3) is 5.24. The molecule has 27 heavy (non-hydrogen) atoms. The summed E-state index contributed by atoms with van der Waals surface area (Å²) in [5.41, 5.74) is 2.18. The number of hydrogen-bond acceptors (Lipinski definition) is 6. The lowest BCUT2D eigenvalue weighted by atomic mass is 10.1. The quantitative estimate of drug-likeness (QED) is 0.365. The van der Waals surface area contributed by atoms with Crippen molar-refractivity contribution in [2.24, 2.45) is 0 Å². The van der Waals surface area contributed by atoms with Crippen molar-refractivity contribution >= 4 is 29.1 Å². The first-order valence-electron chi connectivity index (χ1n) is 8.51. The summed E-state index contributed by atoms with van der Waals surface area (Å²) in [5, 5.41) is 15.2. The highest BCUT2D eigenvalue weighted by Crippen LogP contribution is 2.21. The maximum atomic E-state index is 12.1. The molecule has 1 amide bonds. The molecule has 0 aliphatic rings. The van der Waals surface area contributed by atoms with Gasteiger partial charge in [0, 0.05) is 30.3 Å². The van der Waals surface area contributed by atoms with Gasteiger partial charge in [0.05, 0.1) is 5.69 Å². The highest BCUT2D eigenvalue weighted by Gasteiger charge is 2.11. The number of thioether (sulfide) groups is 1. The maximum absolute atomic E-state index is 12.1. The fourth-order valence-electron chi connectivity index (χ4n) is 2.51. The second-order valence-corrected chi connectivity index (χ2v) is 6.91. The number of hydrogen-bond donors (Lipinski definition) is 1. The molecule has 8 heteroatoms. The number of aromatic nitrogens is 4. The van der Waals surface area contributed by atoms with E-state index in [0.29, 0.717) is 17.3 Å². The third-order valence-electron chi connectivity index (χ3n) is 3.73. The van der Waals surface area contributed by atoms with Crippen LogP contribution in [0.1, 0.15) is 30.1 Å². The molecule has 138 valence electrons. The summed E-state index contributed by atoms with van der Waals surface area (Å²) in [5.74, 6) is 0.727. The van der Waals surface area contributed by atoms with E-state index in [-0.39, 0.29) is 11.7 Å². The molecule has 0 aliphatic heterocycles. The number of amides is 1. The van der Waals surface area contributed by atoms with E-state index in [1.54, 1.807) is 16.8 Å². The number of Topliss-reactive ketones (excluding diaryl/α,β-unsaturated/α-hetero) is 1. The zero-order valence-corrected chi connectivity index (χ0v) is 15.6. The highest BCUT2D eigenvalue weighted by molar-refractivity contribution is 7.99. The second-order valence-electron chi connectivity index (χ2n) is 5.85. The summed E-state index contributed by atoms with van der Waals surface area (Å²) in [6.07, 6.45) is 1.22. The van der Waals surface area contributed by atoms with Gasteiger partial charge >= 0.3 is 0 Å². The Bertz CT molecular complexity index is 927. The van der Waals surface area contributed by atoms with Crippen molar-refractivity contribution in [2.45, 2.75) is 24.9 Å². The van der Waals surface area contributed by atoms with E-state index in [1.165, 1.54) is 18.7 Å². The Morgan fingerprint density at radius 3 is 2.70 bits per heavy atom. The zero-order valence-electron chi connectivity index (χ0n) is 14.8. The van der Waals surface area contributed by atoms with E-state index < -0.39 is 0 Å². The van der Waals surface area contributed by atoms with Gasteiger partial charge in [0.2, 0.25) is 11.1 Å². The lowest BCUT2D eigenvalue weighted by Gasteiger charge is -2.07. The maximum Gasteiger partial charge on any atom is 0.221 e. The van der Waals surface area contributed by atoms with E-state index in [2.05, 4.69) is 20.8 Å². The largest absolute Gasteiger partial charge is 0.326 e. The van der Waals surface area contributed by atoms with Crippen LogP contribution < -0.4 is 5.32 Å². The van der Waals surface area contributed by atoms with Crippen LogP contribution in [0.5, 0.6) is 0 Å². The van der Waals surface area contributed by atoms with Crippen molar-refractivity contribution in [2.75, 3.05) is 11.1 Å². The summed E-state index contributed by atoms with van der Waals surface area (Å²) in [7, 11) is 0. The molecule has 0 aliphatic carbocycles. The molecule has 1 heterocycles. The van der Waals surface area contributed by atoms with Crippen LogP contribution in [0.3, 0.4) is 0 Å². The molecular weight excluding hydrogens is 362 g/mol. The number of ketones is 1. The van der Waals surface area contributed by atoms with Gasteiger partial charge in [0.25, 0.3) is 0 Å². The second kappa shape index (κ2) is 9.09. The minimum Gasteiger partial charge on any atom is -0.326 e. The Labute approximate surface area is 161 Å². The molecule has 1 aromatic heterocycles. The number of rotatable bonds is 8. The molecular formula is C19H19N5O2S. The van der Waals surface area contributed by atoms with Gasteiger partial charge in [-0.1, -0.05) is 48.2 Å². The van der Waals surface area contributed by atoms with E-state index in [9.17, 15) is 9.59 Å². The lowest BCUT2D eigenvalue weighted by molar-refractivity contribution is -0.114. The SMILES string of the molecule is CC(=O)Nc1cccc(-n2nnnc2SCCCC(=O)c2ccccc2)c1. The number of tetrazole rings is 1. The van der Waals surface area contributed by atoms with Crippen molar-refractivity contribution in [3.63, 3.8) is 0 Å². The average Bonchev–Trinajstić information content (AvgIpc) is 3.14. The van der Waals surface area contributed by atoms with Crippen LogP contribution in [-0.2, 0) is 4.79 Å². The van der Waals surface area contributed by atoms with Gasteiger partial charge in [-0.15, -0.1) is 5.10 Å². The number of nitrogens with one attached hydrogen (secondary N) is 1. The van der Waals surface area contributed by atoms with Crippen LogP contribution in [0.2, 0.25) is 0 Å². The van der Waals surface area contributed by atoms with Crippen LogP contribution in [0.15, 0.2) is 59.8 Å². The standard InChI is InChI=1S/C19H19N5O2S/c1-14(25)20-16-9-5-10-17(13-16)24-19(21-22-23-24)27-12-6-11-18(26)15-7-3-2-4-8-15/h2-5,7-10,13H,6,11-12H2,1H3,(H,20,25). The number of benzene rings is 2. The van der Waals surface area contributed by atoms with Gasteiger partial charge in [0.1, 0.15) is 0 Å². The fourth-order valence-corrected chi connectivity index (χ4v) is 3.34. The smallest absolute Gasteiger partial charge is 0.221 e. The van der Waals surface area contributed by atoms with Crippen molar-refractivity contribution in [1.29, 1.82) is 0 Å². The van der Waals surface area contributed by atoms with Gasteiger partial charge in [-0.05, 0) is 35.0 Å². The molecule has 3 rings (SSSR count). The van der Waals surface area contributed by atoms with E-state index in [4.69, 9.17) is 0 Å². The number of carbonyl (C=O) groups excluding carboxylic acids is 2. The Morgan fingerprint density at radius 1 is 1.11 bits per heavy atom. The third-order valence-corrected chi connectivity index (χ3v) is 4.73. The van der Waals surface area contributed by atoms with E-state index >= 15 is 0 Å². The Hall–Kier alpha value is -3.00. The lowest BCUT2D eigenvalue weighted by Crippen LogP contribution is -2.07. The molecule has 0 radical (unpaired) electrons. The molecule has 0 saturated carbocycles. The predicted molar refractivity (Wildman–Crippen MR) is 104 cm³/mol. The van der Waals surface area contributed by atoms with E-state index in [1.807, 2.05) is 42.5 Å². The number of anilines is 1. The molecule has 0 atom stereocenters. The van der Waals surface area contributed by atoms with Crippen molar-refractivity contribution < 1.29 is 9.59 Å². The average molecular weight is 381 g/mol. The summed E-state index contributed by atoms with van der Waals surface area (Å²) >= 11 is 1.49. The van der Waals surface area contributed by atoms with Crippen LogP contribution in [0, 0.1) is 0 Å². The molecule has 0 saturated heterocycles. The fraction of sp³-hybridized carbons (Fsp3) is 0.211. The zero-order chi connectivity index (χ0) is 19.1. The van der Waals surface area contributed by atoms with Crippen molar-refractivity contribution in [3.8, 4) is 5.69 Å². The van der Waals surface area contributed by atoms with Gasteiger partial charge in [-0.2, -0.15) is 4.68 Å². The van der Waals surface area contributed by atoms with Crippen molar-refractivity contribution in [1.82, 2.24) is 20.2 Å². The Kier molecular flexibility index (Phi) is 6.32. The Morgan fingerprint density at radius 2 is 1.93 bits per heavy atom. The summed E-state index contributed by atoms with van der Waals surface area (Å²) < 4.78 is 1.62. The molecule has 0 fully saturated rings. The van der Waals surface area contributed by atoms with Crippen LogP contribution in [0.25, 0.3) is 5.69 Å². The topological polar surface area (TPSA) is 89.8 Å². The first-order chi connectivity index (χ1) is 13.1. The molecule has 3 aromatic rings. The van der Waals surface area contributed by atoms with Crippen LogP contribution in [-0.4, -0.2) is 37.7 Å². The van der Waals surface area contributed by atoms with E-state index in [0.717, 1.165) is 23.4 Å². The molecule has 1 N–H and O–H groups in total. The van der Waals surface area contributed by atoms with Crippen LogP contribution >= 0.6 is 11.8 Å². The first kappa shape index (κ1) is 18.8. The van der Waals surface area contributed by atoms with Gasteiger partial charge < -0.3 is 5.32 Å². The predicted octanol–water partition coefficient (Wildman–Crippen LogP) is 3.38. The van der Waals surface area contributed by atoms with Crippen LogP contribution in [0.4, 0.5) is 5.69 Å². The minimum atomic E-state index is -0.137. The molecule has 0 unspecified atom stereocenters. The highest BCUT2D eigenvalue weighted by atomic mass is 32.2.